The molecule has 1 heterocycles. The van der Waals surface area contributed by atoms with Crippen LogP contribution in [-0.4, -0.2) is 73.8 Å². The van der Waals surface area contributed by atoms with Gasteiger partial charge in [0.2, 0.25) is 5.91 Å². The number of halogens is 3. The van der Waals surface area contributed by atoms with Crippen LogP contribution in [0, 0.1) is 0 Å². The van der Waals surface area contributed by atoms with E-state index in [0.29, 0.717) is 44.4 Å². The van der Waals surface area contributed by atoms with E-state index in [9.17, 15) is 18.0 Å². The molecule has 0 aromatic heterocycles. The molecule has 1 aromatic rings. The monoisotopic (exact) mass is 404 g/mol. The van der Waals surface area contributed by atoms with Gasteiger partial charge in [0.1, 0.15) is 0 Å². The molecule has 1 fully saturated rings. The first-order valence-electron chi connectivity index (χ1n) is 8.51. The summed E-state index contributed by atoms with van der Waals surface area (Å²) in [6.45, 7) is 3.69. The Morgan fingerprint density at radius 1 is 1.22 bits per heavy atom. The van der Waals surface area contributed by atoms with Crippen LogP contribution >= 0.6 is 12.2 Å². The highest BCUT2D eigenvalue weighted by Gasteiger charge is 2.33. The number of para-hydroxylation sites is 1. The lowest BCUT2D eigenvalue weighted by molar-refractivity contribution is -0.137. The predicted molar refractivity (Wildman–Crippen MR) is 101 cm³/mol. The number of carbonyl (C=O) groups excluding carboxylic acids is 1. The zero-order valence-corrected chi connectivity index (χ0v) is 15.8. The third kappa shape index (κ3) is 6.64. The Kier molecular flexibility index (Phi) is 7.81. The predicted octanol–water partition coefficient (Wildman–Crippen LogP) is 1.78. The van der Waals surface area contributed by atoms with Crippen molar-refractivity contribution in [1.82, 2.24) is 15.1 Å². The van der Waals surface area contributed by atoms with Gasteiger partial charge in [0.15, 0.2) is 5.11 Å². The van der Waals surface area contributed by atoms with E-state index >= 15 is 0 Å². The highest BCUT2D eigenvalue weighted by molar-refractivity contribution is 7.80. The van der Waals surface area contributed by atoms with E-state index in [0.717, 1.165) is 6.07 Å². The minimum atomic E-state index is -4.51. The fraction of sp³-hybridized carbons (Fsp3) is 0.529. The van der Waals surface area contributed by atoms with Crippen molar-refractivity contribution in [2.45, 2.75) is 6.18 Å². The number of nitrogens with one attached hydrogen (secondary N) is 2. The molecule has 0 unspecified atom stereocenters. The van der Waals surface area contributed by atoms with E-state index in [2.05, 4.69) is 10.6 Å². The van der Waals surface area contributed by atoms with E-state index in [4.69, 9.17) is 17.0 Å². The number of thiocarbonyl (C=S) groups is 1. The summed E-state index contributed by atoms with van der Waals surface area (Å²) in [5.74, 6) is -0.471. The molecule has 1 aromatic carbocycles. The van der Waals surface area contributed by atoms with Crippen molar-refractivity contribution in [2.75, 3.05) is 58.3 Å². The van der Waals surface area contributed by atoms with Gasteiger partial charge in [-0.3, -0.25) is 9.69 Å². The quantitative estimate of drug-likeness (QED) is 0.557. The van der Waals surface area contributed by atoms with Crippen molar-refractivity contribution in [3.8, 4) is 0 Å². The lowest BCUT2D eigenvalue weighted by Gasteiger charge is -2.35. The smallest absolute Gasteiger partial charge is 0.383 e. The molecular formula is C17H23F3N4O2S. The van der Waals surface area contributed by atoms with Gasteiger partial charge in [0.05, 0.1) is 24.4 Å². The van der Waals surface area contributed by atoms with Crippen molar-refractivity contribution in [2.24, 2.45) is 0 Å². The van der Waals surface area contributed by atoms with Gasteiger partial charge >= 0.3 is 6.18 Å². The van der Waals surface area contributed by atoms with E-state index in [1.54, 1.807) is 7.11 Å². The molecule has 1 aliphatic rings. The highest BCUT2D eigenvalue weighted by atomic mass is 32.1. The fourth-order valence-electron chi connectivity index (χ4n) is 2.71. The molecule has 2 N–H and O–H groups in total. The van der Waals surface area contributed by atoms with Crippen LogP contribution in [-0.2, 0) is 15.7 Å². The molecule has 0 saturated carbocycles. The number of amides is 1. The van der Waals surface area contributed by atoms with Gasteiger partial charge in [0.25, 0.3) is 0 Å². The molecule has 1 saturated heterocycles. The van der Waals surface area contributed by atoms with Gasteiger partial charge < -0.3 is 20.3 Å². The Hall–Kier alpha value is -1.91. The van der Waals surface area contributed by atoms with Gasteiger partial charge in [-0.1, -0.05) is 12.1 Å². The first kappa shape index (κ1) is 21.4. The Bertz CT molecular complexity index is 649. The lowest BCUT2D eigenvalue weighted by Crippen LogP contribution is -2.53. The molecule has 0 atom stereocenters. The number of anilines is 1. The van der Waals surface area contributed by atoms with Crippen LogP contribution < -0.4 is 10.6 Å². The second-order valence-electron chi connectivity index (χ2n) is 6.08. The normalized spacial score (nSPS) is 15.5. The average Bonchev–Trinajstić information content (AvgIpc) is 2.62. The third-order valence-corrected chi connectivity index (χ3v) is 4.52. The maximum Gasteiger partial charge on any atom is 0.418 e. The van der Waals surface area contributed by atoms with Crippen LogP contribution in [0.25, 0.3) is 0 Å². The standard InChI is InChI=1S/C17H23F3N4O2S/c1-26-11-6-21-16(27)24-9-7-23(8-10-24)12-15(25)22-14-5-3-2-4-13(14)17(18,19)20/h2-5H,6-12H2,1H3,(H,21,27)(H,22,25). The summed E-state index contributed by atoms with van der Waals surface area (Å²) < 4.78 is 43.9. The van der Waals surface area contributed by atoms with Crippen molar-refractivity contribution in [3.05, 3.63) is 29.8 Å². The van der Waals surface area contributed by atoms with Crippen molar-refractivity contribution in [3.63, 3.8) is 0 Å². The largest absolute Gasteiger partial charge is 0.418 e. The van der Waals surface area contributed by atoms with Gasteiger partial charge in [-0.05, 0) is 24.4 Å². The zero-order valence-electron chi connectivity index (χ0n) is 15.0. The molecule has 27 heavy (non-hydrogen) atoms. The number of alkyl halides is 3. The molecule has 0 spiro atoms. The zero-order chi connectivity index (χ0) is 19.9. The minimum absolute atomic E-state index is 0.0316. The SMILES string of the molecule is COCCNC(=S)N1CCN(CC(=O)Nc2ccccc2C(F)(F)F)CC1. The van der Waals surface area contributed by atoms with E-state index in [1.807, 2.05) is 9.80 Å². The van der Waals surface area contributed by atoms with Crippen LogP contribution in [0.3, 0.4) is 0 Å². The summed E-state index contributed by atoms with van der Waals surface area (Å²) in [5.41, 5.74) is -1.08. The van der Waals surface area contributed by atoms with E-state index in [-0.39, 0.29) is 12.2 Å². The molecule has 0 radical (unpaired) electrons. The maximum atomic E-state index is 13.0. The molecule has 0 aliphatic carbocycles. The topological polar surface area (TPSA) is 56.8 Å². The van der Waals surface area contributed by atoms with Crippen molar-refractivity contribution < 1.29 is 22.7 Å². The molecule has 0 bridgehead atoms. The Morgan fingerprint density at radius 3 is 2.52 bits per heavy atom. The van der Waals surface area contributed by atoms with Crippen molar-refractivity contribution in [1.29, 1.82) is 0 Å². The molecule has 150 valence electrons. The summed E-state index contributed by atoms with van der Waals surface area (Å²) in [5, 5.41) is 6.09. The van der Waals surface area contributed by atoms with E-state index in [1.165, 1.54) is 18.2 Å². The van der Waals surface area contributed by atoms with Gasteiger partial charge in [0, 0.05) is 39.8 Å². The van der Waals surface area contributed by atoms with Gasteiger partial charge in [-0.25, -0.2) is 0 Å². The maximum absolute atomic E-state index is 13.0. The molecule has 1 amide bonds. The van der Waals surface area contributed by atoms with Gasteiger partial charge in [-0.2, -0.15) is 13.2 Å². The first-order chi connectivity index (χ1) is 12.8. The summed E-state index contributed by atoms with van der Waals surface area (Å²) in [6, 6.07) is 4.96. The van der Waals surface area contributed by atoms with Crippen LogP contribution in [0.1, 0.15) is 5.56 Å². The molecule has 2 rings (SSSR count). The Balaban J connectivity index is 1.81. The number of hydrogen-bond donors (Lipinski definition) is 2. The Labute approximate surface area is 161 Å². The van der Waals surface area contributed by atoms with Crippen LogP contribution in [0.4, 0.5) is 18.9 Å². The number of benzene rings is 1. The van der Waals surface area contributed by atoms with Crippen LogP contribution in [0.5, 0.6) is 0 Å². The molecular weight excluding hydrogens is 381 g/mol. The average molecular weight is 404 g/mol. The second-order valence-corrected chi connectivity index (χ2v) is 6.47. The van der Waals surface area contributed by atoms with Crippen LogP contribution in [0.15, 0.2) is 24.3 Å². The lowest BCUT2D eigenvalue weighted by atomic mass is 10.1. The molecule has 10 heteroatoms. The summed E-state index contributed by atoms with van der Waals surface area (Å²) in [4.78, 5) is 16.1. The fourth-order valence-corrected chi connectivity index (χ4v) is 3.00. The third-order valence-electron chi connectivity index (χ3n) is 4.12. The number of hydrogen-bond acceptors (Lipinski definition) is 4. The second kappa shape index (κ2) is 9.86. The van der Waals surface area contributed by atoms with Crippen LogP contribution in [0.2, 0.25) is 0 Å². The van der Waals surface area contributed by atoms with E-state index < -0.39 is 17.6 Å². The number of rotatable bonds is 6. The summed E-state index contributed by atoms with van der Waals surface area (Å²) in [6.07, 6.45) is -4.51. The van der Waals surface area contributed by atoms with Crippen molar-refractivity contribution >= 4 is 28.9 Å². The number of ether oxygens (including phenoxy) is 1. The Morgan fingerprint density at radius 2 is 1.89 bits per heavy atom. The first-order valence-corrected chi connectivity index (χ1v) is 8.92. The summed E-state index contributed by atoms with van der Waals surface area (Å²) >= 11 is 5.30. The number of carbonyl (C=O) groups is 1. The number of methoxy groups -OCH3 is 1. The molecule has 6 nitrogen and oxygen atoms in total. The molecule has 1 aliphatic heterocycles. The minimum Gasteiger partial charge on any atom is -0.383 e. The number of nitrogens with zero attached hydrogens (tertiary/aromatic N) is 2. The van der Waals surface area contributed by atoms with Gasteiger partial charge in [-0.15, -0.1) is 0 Å². The number of piperazine rings is 1. The summed E-state index contributed by atoms with van der Waals surface area (Å²) in [7, 11) is 1.61. The highest BCUT2D eigenvalue weighted by Crippen LogP contribution is 2.34.